The van der Waals surface area contributed by atoms with Crippen molar-refractivity contribution < 1.29 is 22.0 Å². The summed E-state index contributed by atoms with van der Waals surface area (Å²) in [6.07, 6.45) is -3.56. The van der Waals surface area contributed by atoms with Gasteiger partial charge in [0.1, 0.15) is 17.0 Å². The van der Waals surface area contributed by atoms with Crippen LogP contribution in [-0.4, -0.2) is 27.5 Å². The summed E-state index contributed by atoms with van der Waals surface area (Å²) in [6.45, 7) is 3.09. The molecule has 3 heterocycles. The van der Waals surface area contributed by atoms with Crippen molar-refractivity contribution in [3.05, 3.63) is 58.9 Å². The summed E-state index contributed by atoms with van der Waals surface area (Å²) in [4.78, 5) is 5.02. The second kappa shape index (κ2) is 6.83. The summed E-state index contributed by atoms with van der Waals surface area (Å²) >= 11 is 0. The molecule has 1 fully saturated rings. The average molecular weight is 436 g/mol. The number of hydrogen-bond donors (Lipinski definition) is 1. The SMILES string of the molecule is CCn1nc(N2CCc3[nH]c(-c4c(F)cccc4F)cc3C2)cc1C1(C(F)(F)F)CC1. The van der Waals surface area contributed by atoms with Gasteiger partial charge in [-0.25, -0.2) is 8.78 Å². The summed E-state index contributed by atoms with van der Waals surface area (Å²) < 4.78 is 70.7. The van der Waals surface area contributed by atoms with Crippen LogP contribution in [0.5, 0.6) is 0 Å². The molecule has 0 unspecified atom stereocenters. The number of aromatic nitrogens is 3. The molecule has 1 N–H and O–H groups in total. The highest BCUT2D eigenvalue weighted by Crippen LogP contribution is 2.59. The minimum absolute atomic E-state index is 0.0845. The third kappa shape index (κ3) is 3.13. The van der Waals surface area contributed by atoms with Crippen LogP contribution in [0.2, 0.25) is 0 Å². The molecule has 3 aromatic rings. The monoisotopic (exact) mass is 436 g/mol. The van der Waals surface area contributed by atoms with Gasteiger partial charge in [0.2, 0.25) is 0 Å². The molecule has 0 spiro atoms. The van der Waals surface area contributed by atoms with Crippen LogP contribution in [0.4, 0.5) is 27.8 Å². The Bertz CT molecular complexity index is 1120. The third-order valence-corrected chi connectivity index (χ3v) is 6.39. The lowest BCUT2D eigenvalue weighted by molar-refractivity contribution is -0.162. The maximum Gasteiger partial charge on any atom is 0.399 e. The van der Waals surface area contributed by atoms with Crippen molar-refractivity contribution in [3.63, 3.8) is 0 Å². The van der Waals surface area contributed by atoms with Gasteiger partial charge in [-0.15, -0.1) is 0 Å². The molecular weight excluding hydrogens is 415 g/mol. The Morgan fingerprint density at radius 1 is 1.13 bits per heavy atom. The Morgan fingerprint density at radius 3 is 2.45 bits per heavy atom. The molecule has 0 radical (unpaired) electrons. The minimum atomic E-state index is -4.30. The van der Waals surface area contributed by atoms with Crippen LogP contribution >= 0.6 is 0 Å². The molecule has 0 amide bonds. The van der Waals surface area contributed by atoms with Crippen molar-refractivity contribution in [2.45, 2.75) is 50.9 Å². The van der Waals surface area contributed by atoms with E-state index in [0.29, 0.717) is 37.6 Å². The second-order valence-electron chi connectivity index (χ2n) is 8.24. The fourth-order valence-corrected chi connectivity index (χ4v) is 4.51. The topological polar surface area (TPSA) is 36.9 Å². The molecule has 0 atom stereocenters. The third-order valence-electron chi connectivity index (χ3n) is 6.39. The molecule has 2 aromatic heterocycles. The Balaban J connectivity index is 1.45. The Hall–Kier alpha value is -2.84. The highest BCUT2D eigenvalue weighted by atomic mass is 19.4. The second-order valence-corrected chi connectivity index (χ2v) is 8.24. The first-order valence-electron chi connectivity index (χ1n) is 10.3. The van der Waals surface area contributed by atoms with E-state index in [-0.39, 0.29) is 24.1 Å². The summed E-state index contributed by atoms with van der Waals surface area (Å²) in [5, 5.41) is 4.45. The Morgan fingerprint density at radius 2 is 1.84 bits per heavy atom. The number of halogens is 5. The predicted octanol–water partition coefficient (Wildman–Crippen LogP) is 5.33. The average Bonchev–Trinajstić information content (AvgIpc) is 3.26. The quantitative estimate of drug-likeness (QED) is 0.561. The summed E-state index contributed by atoms with van der Waals surface area (Å²) in [5.41, 5.74) is 0.398. The van der Waals surface area contributed by atoms with E-state index in [1.54, 1.807) is 19.1 Å². The lowest BCUT2D eigenvalue weighted by Gasteiger charge is -2.26. The van der Waals surface area contributed by atoms with Crippen LogP contribution in [0.15, 0.2) is 30.3 Å². The zero-order chi connectivity index (χ0) is 22.0. The number of aryl methyl sites for hydroxylation is 1. The zero-order valence-corrected chi connectivity index (χ0v) is 16.9. The fourth-order valence-electron chi connectivity index (χ4n) is 4.51. The molecule has 1 aliphatic carbocycles. The number of nitrogens with one attached hydrogen (secondary N) is 1. The number of fused-ring (bicyclic) bond motifs is 1. The van der Waals surface area contributed by atoms with E-state index in [9.17, 15) is 22.0 Å². The van der Waals surface area contributed by atoms with E-state index in [2.05, 4.69) is 10.1 Å². The van der Waals surface area contributed by atoms with Crippen molar-refractivity contribution in [1.82, 2.24) is 14.8 Å². The highest BCUT2D eigenvalue weighted by molar-refractivity contribution is 5.64. The number of anilines is 1. The van der Waals surface area contributed by atoms with Gasteiger partial charge in [-0.2, -0.15) is 18.3 Å². The van der Waals surface area contributed by atoms with E-state index in [0.717, 1.165) is 11.3 Å². The van der Waals surface area contributed by atoms with Crippen molar-refractivity contribution in [1.29, 1.82) is 0 Å². The van der Waals surface area contributed by atoms with Crippen molar-refractivity contribution in [2.24, 2.45) is 0 Å². The number of H-pyrrole nitrogens is 1. The molecule has 31 heavy (non-hydrogen) atoms. The summed E-state index contributed by atoms with van der Waals surface area (Å²) in [7, 11) is 0. The van der Waals surface area contributed by atoms with Crippen LogP contribution in [0.1, 0.15) is 36.7 Å². The largest absolute Gasteiger partial charge is 0.399 e. The van der Waals surface area contributed by atoms with Crippen molar-refractivity contribution in [3.8, 4) is 11.3 Å². The zero-order valence-electron chi connectivity index (χ0n) is 16.9. The maximum absolute atomic E-state index is 14.2. The van der Waals surface area contributed by atoms with Gasteiger partial charge in [-0.05, 0) is 43.5 Å². The Labute approximate surface area is 175 Å². The van der Waals surface area contributed by atoms with Crippen LogP contribution in [-0.2, 0) is 24.9 Å². The van der Waals surface area contributed by atoms with Gasteiger partial charge in [0.25, 0.3) is 0 Å². The molecule has 9 heteroatoms. The minimum Gasteiger partial charge on any atom is -0.358 e. The number of hydrogen-bond acceptors (Lipinski definition) is 2. The Kier molecular flexibility index (Phi) is 4.43. The first-order valence-corrected chi connectivity index (χ1v) is 10.3. The van der Waals surface area contributed by atoms with Gasteiger partial charge >= 0.3 is 6.18 Å². The molecule has 0 saturated heterocycles. The predicted molar refractivity (Wildman–Crippen MR) is 106 cm³/mol. The normalized spacial score (nSPS) is 17.7. The van der Waals surface area contributed by atoms with Gasteiger partial charge in [-0.1, -0.05) is 6.07 Å². The summed E-state index contributed by atoms with van der Waals surface area (Å²) in [6, 6.07) is 6.99. The first-order chi connectivity index (χ1) is 14.7. The lowest BCUT2D eigenvalue weighted by atomic mass is 10.0. The molecule has 0 bridgehead atoms. The van der Waals surface area contributed by atoms with Crippen LogP contribution in [0, 0.1) is 11.6 Å². The first kappa shape index (κ1) is 20.1. The summed E-state index contributed by atoms with van der Waals surface area (Å²) in [5.74, 6) is -0.801. The van der Waals surface area contributed by atoms with E-state index in [4.69, 9.17) is 0 Å². The molecule has 2 aliphatic rings. The van der Waals surface area contributed by atoms with Crippen molar-refractivity contribution >= 4 is 5.82 Å². The van der Waals surface area contributed by atoms with Gasteiger partial charge in [-0.3, -0.25) is 4.68 Å². The van der Waals surface area contributed by atoms with Gasteiger partial charge in [0, 0.05) is 37.8 Å². The molecule has 1 aliphatic heterocycles. The van der Waals surface area contributed by atoms with E-state index in [1.165, 1.54) is 22.9 Å². The fraction of sp³-hybridized carbons (Fsp3) is 0.409. The van der Waals surface area contributed by atoms with Gasteiger partial charge in [0.15, 0.2) is 5.82 Å². The van der Waals surface area contributed by atoms with E-state index >= 15 is 0 Å². The number of rotatable bonds is 4. The van der Waals surface area contributed by atoms with Crippen LogP contribution in [0.3, 0.4) is 0 Å². The lowest BCUT2D eigenvalue weighted by Crippen LogP contribution is -2.31. The van der Waals surface area contributed by atoms with Gasteiger partial charge in [0.05, 0.1) is 17.0 Å². The molecule has 1 aromatic carbocycles. The molecule has 5 rings (SSSR count). The molecule has 1 saturated carbocycles. The number of benzene rings is 1. The van der Waals surface area contributed by atoms with Crippen LogP contribution in [0.25, 0.3) is 11.3 Å². The molecular formula is C22H21F5N4. The van der Waals surface area contributed by atoms with E-state index in [1.807, 2.05) is 4.90 Å². The molecule has 4 nitrogen and oxygen atoms in total. The standard InChI is InChI=1S/C22H21F5N4/c1-2-31-18(21(7-8-21)22(25,26)27)11-19(29-31)30-9-6-16-13(12-30)10-17(28-16)20-14(23)4-3-5-15(20)24/h3-5,10-11,28H,2,6-9,12H2,1H3. The number of alkyl halides is 3. The number of nitrogens with zero attached hydrogens (tertiary/aromatic N) is 3. The maximum atomic E-state index is 14.2. The van der Waals surface area contributed by atoms with Crippen LogP contribution < -0.4 is 4.90 Å². The van der Waals surface area contributed by atoms with Crippen molar-refractivity contribution in [2.75, 3.05) is 11.4 Å². The van der Waals surface area contributed by atoms with E-state index < -0.39 is 23.2 Å². The van der Waals surface area contributed by atoms with Gasteiger partial charge < -0.3 is 9.88 Å². The number of aromatic amines is 1. The highest BCUT2D eigenvalue weighted by Gasteiger charge is 2.66. The molecule has 164 valence electrons. The smallest absolute Gasteiger partial charge is 0.358 e.